The molecule has 0 bridgehead atoms. The summed E-state index contributed by atoms with van der Waals surface area (Å²) in [4.78, 5) is 2.37. The Morgan fingerprint density at radius 1 is 1.38 bits per heavy atom. The van der Waals surface area contributed by atoms with Crippen LogP contribution in [-0.2, 0) is 4.74 Å². The summed E-state index contributed by atoms with van der Waals surface area (Å²) in [6.45, 7) is 7.43. The van der Waals surface area contributed by atoms with Crippen LogP contribution in [0.5, 0.6) is 0 Å². The van der Waals surface area contributed by atoms with Crippen LogP contribution in [-0.4, -0.2) is 32.8 Å². The molecule has 1 atom stereocenters. The van der Waals surface area contributed by atoms with Gasteiger partial charge in [-0.2, -0.15) is 0 Å². The first-order chi connectivity index (χ1) is 10.2. The van der Waals surface area contributed by atoms with E-state index in [1.807, 2.05) is 0 Å². The zero-order chi connectivity index (χ0) is 15.2. The number of hydrogen-bond donors (Lipinski definition) is 1. The van der Waals surface area contributed by atoms with Crippen molar-refractivity contribution in [1.29, 1.82) is 0 Å². The van der Waals surface area contributed by atoms with Crippen molar-refractivity contribution < 1.29 is 4.74 Å². The third kappa shape index (κ3) is 4.35. The lowest BCUT2D eigenvalue weighted by molar-refractivity contribution is 0.0819. The van der Waals surface area contributed by atoms with Crippen molar-refractivity contribution in [3.8, 4) is 0 Å². The first kappa shape index (κ1) is 16.6. The summed E-state index contributed by atoms with van der Waals surface area (Å²) in [5.74, 6) is 0. The Hall–Kier alpha value is -0.770. The fourth-order valence-electron chi connectivity index (χ4n) is 2.86. The fraction of sp³-hybridized carbons (Fsp3) is 0.647. The van der Waals surface area contributed by atoms with Gasteiger partial charge >= 0.3 is 0 Å². The van der Waals surface area contributed by atoms with Crippen LogP contribution in [0.1, 0.15) is 44.7 Å². The Labute approximate surface area is 133 Å². The fourth-order valence-corrected chi connectivity index (χ4v) is 3.17. The largest absolute Gasteiger partial charge is 0.381 e. The SMILES string of the molecule is CCCNC(C)c1ccc(N2CCC(OC)CC2)c(Cl)c1. The van der Waals surface area contributed by atoms with Crippen LogP contribution in [0, 0.1) is 0 Å². The standard InChI is InChI=1S/C17H27ClN2O/c1-4-9-19-13(2)14-5-6-17(16(18)12-14)20-10-7-15(21-3)8-11-20/h5-6,12-13,15,19H,4,7-11H2,1-3H3. The van der Waals surface area contributed by atoms with E-state index in [1.54, 1.807) is 7.11 Å². The number of nitrogens with zero attached hydrogens (tertiary/aromatic N) is 1. The van der Waals surface area contributed by atoms with Crippen LogP contribution in [0.4, 0.5) is 5.69 Å². The van der Waals surface area contributed by atoms with Gasteiger partial charge < -0.3 is 15.0 Å². The molecule has 1 aliphatic heterocycles. The molecule has 21 heavy (non-hydrogen) atoms. The highest BCUT2D eigenvalue weighted by Crippen LogP contribution is 2.31. The van der Waals surface area contributed by atoms with Crippen molar-refractivity contribution in [2.45, 2.75) is 45.3 Å². The summed E-state index contributed by atoms with van der Waals surface area (Å²) in [5.41, 5.74) is 2.40. The highest BCUT2D eigenvalue weighted by atomic mass is 35.5. The molecule has 1 heterocycles. The number of methoxy groups -OCH3 is 1. The summed E-state index contributed by atoms with van der Waals surface area (Å²) in [5, 5.41) is 4.35. The van der Waals surface area contributed by atoms with E-state index in [0.717, 1.165) is 49.6 Å². The van der Waals surface area contributed by atoms with Gasteiger partial charge in [0.15, 0.2) is 0 Å². The first-order valence-electron chi connectivity index (χ1n) is 7.96. The number of ether oxygens (including phenoxy) is 1. The van der Waals surface area contributed by atoms with Gasteiger partial charge in [-0.25, -0.2) is 0 Å². The van der Waals surface area contributed by atoms with E-state index in [2.05, 4.69) is 42.3 Å². The molecule has 1 aromatic carbocycles. The van der Waals surface area contributed by atoms with Crippen molar-refractivity contribution in [3.05, 3.63) is 28.8 Å². The number of anilines is 1. The van der Waals surface area contributed by atoms with Gasteiger partial charge in [-0.1, -0.05) is 24.6 Å². The molecule has 0 radical (unpaired) electrons. The van der Waals surface area contributed by atoms with E-state index in [9.17, 15) is 0 Å². The molecule has 1 saturated heterocycles. The van der Waals surface area contributed by atoms with Gasteiger partial charge in [-0.3, -0.25) is 0 Å². The molecule has 0 spiro atoms. The Morgan fingerprint density at radius 2 is 2.10 bits per heavy atom. The lowest BCUT2D eigenvalue weighted by Crippen LogP contribution is -2.36. The average molecular weight is 311 g/mol. The molecule has 1 aromatic rings. The quantitative estimate of drug-likeness (QED) is 0.859. The highest BCUT2D eigenvalue weighted by molar-refractivity contribution is 6.33. The van der Waals surface area contributed by atoms with Crippen LogP contribution in [0.3, 0.4) is 0 Å². The van der Waals surface area contributed by atoms with Crippen LogP contribution in [0.2, 0.25) is 5.02 Å². The molecule has 3 nitrogen and oxygen atoms in total. The van der Waals surface area contributed by atoms with Gasteiger partial charge in [0, 0.05) is 26.2 Å². The smallest absolute Gasteiger partial charge is 0.0642 e. The van der Waals surface area contributed by atoms with Crippen molar-refractivity contribution in [1.82, 2.24) is 5.32 Å². The van der Waals surface area contributed by atoms with Crippen molar-refractivity contribution in [3.63, 3.8) is 0 Å². The average Bonchev–Trinajstić information content (AvgIpc) is 2.52. The van der Waals surface area contributed by atoms with Gasteiger partial charge in [-0.15, -0.1) is 0 Å². The van der Waals surface area contributed by atoms with Crippen LogP contribution in [0.15, 0.2) is 18.2 Å². The second kappa shape index (κ2) is 8.02. The minimum atomic E-state index is 0.343. The molecular weight excluding hydrogens is 284 g/mol. The summed E-state index contributed by atoms with van der Waals surface area (Å²) < 4.78 is 5.43. The van der Waals surface area contributed by atoms with Gasteiger partial charge in [0.05, 0.1) is 16.8 Å². The highest BCUT2D eigenvalue weighted by Gasteiger charge is 2.20. The van der Waals surface area contributed by atoms with Gasteiger partial charge in [-0.05, 0) is 50.4 Å². The molecule has 2 rings (SSSR count). The molecule has 1 fully saturated rings. The molecule has 1 aliphatic rings. The number of benzene rings is 1. The number of nitrogens with one attached hydrogen (secondary N) is 1. The maximum absolute atomic E-state index is 6.51. The van der Waals surface area contributed by atoms with Crippen LogP contribution in [0.25, 0.3) is 0 Å². The molecular formula is C17H27ClN2O. The number of rotatable bonds is 6. The molecule has 1 unspecified atom stereocenters. The lowest BCUT2D eigenvalue weighted by atomic mass is 10.0. The molecule has 118 valence electrons. The lowest BCUT2D eigenvalue weighted by Gasteiger charge is -2.33. The molecule has 4 heteroatoms. The molecule has 0 amide bonds. The monoisotopic (exact) mass is 310 g/mol. The normalized spacial score (nSPS) is 18.0. The first-order valence-corrected chi connectivity index (χ1v) is 8.34. The number of hydrogen-bond acceptors (Lipinski definition) is 3. The van der Waals surface area contributed by atoms with Crippen molar-refractivity contribution in [2.24, 2.45) is 0 Å². The maximum atomic E-state index is 6.51. The van der Waals surface area contributed by atoms with Gasteiger partial charge in [0.2, 0.25) is 0 Å². The predicted molar refractivity (Wildman–Crippen MR) is 90.4 cm³/mol. The molecule has 0 aliphatic carbocycles. The maximum Gasteiger partial charge on any atom is 0.0642 e. The Bertz CT molecular complexity index is 444. The van der Waals surface area contributed by atoms with Crippen LogP contribution < -0.4 is 10.2 Å². The van der Waals surface area contributed by atoms with E-state index < -0.39 is 0 Å². The summed E-state index contributed by atoms with van der Waals surface area (Å²) >= 11 is 6.51. The molecule has 0 aromatic heterocycles. The minimum absolute atomic E-state index is 0.343. The third-order valence-electron chi connectivity index (χ3n) is 4.29. The van der Waals surface area contributed by atoms with Gasteiger partial charge in [0.1, 0.15) is 0 Å². The van der Waals surface area contributed by atoms with Crippen LogP contribution >= 0.6 is 11.6 Å². The van der Waals surface area contributed by atoms with E-state index in [0.29, 0.717) is 12.1 Å². The Morgan fingerprint density at radius 3 is 2.67 bits per heavy atom. The predicted octanol–water partition coefficient (Wildman–Crippen LogP) is 4.02. The summed E-state index contributed by atoms with van der Waals surface area (Å²) in [7, 11) is 1.80. The van der Waals surface area contributed by atoms with Gasteiger partial charge in [0.25, 0.3) is 0 Å². The van der Waals surface area contributed by atoms with E-state index in [4.69, 9.17) is 16.3 Å². The molecule has 0 saturated carbocycles. The number of halogens is 1. The minimum Gasteiger partial charge on any atom is -0.381 e. The third-order valence-corrected chi connectivity index (χ3v) is 4.59. The Kier molecular flexibility index (Phi) is 6.34. The topological polar surface area (TPSA) is 24.5 Å². The van der Waals surface area contributed by atoms with E-state index in [-0.39, 0.29) is 0 Å². The van der Waals surface area contributed by atoms with E-state index in [1.165, 1.54) is 5.56 Å². The summed E-state index contributed by atoms with van der Waals surface area (Å²) in [6, 6.07) is 6.80. The summed E-state index contributed by atoms with van der Waals surface area (Å²) in [6.07, 6.45) is 3.69. The zero-order valence-electron chi connectivity index (χ0n) is 13.4. The van der Waals surface area contributed by atoms with Crippen molar-refractivity contribution in [2.75, 3.05) is 31.6 Å². The molecule has 1 N–H and O–H groups in total. The second-order valence-electron chi connectivity index (χ2n) is 5.81. The number of piperidine rings is 1. The zero-order valence-corrected chi connectivity index (χ0v) is 14.1. The van der Waals surface area contributed by atoms with Crippen molar-refractivity contribution >= 4 is 17.3 Å². The Balaban J connectivity index is 2.02. The second-order valence-corrected chi connectivity index (χ2v) is 6.22. The van der Waals surface area contributed by atoms with E-state index >= 15 is 0 Å².